The van der Waals surface area contributed by atoms with Crippen LogP contribution in [-0.4, -0.2) is 97.5 Å². The Labute approximate surface area is 406 Å². The van der Waals surface area contributed by atoms with Crippen molar-refractivity contribution < 1.29 is 56.2 Å². The molecular formula is C54H92O12S. The zero-order valence-corrected chi connectivity index (χ0v) is 42.2. The summed E-state index contributed by atoms with van der Waals surface area (Å²) in [4.78, 5) is 12.9. The molecule has 6 atom stereocenters. The largest absolute Gasteiger partial charge is 0.457 e. The van der Waals surface area contributed by atoms with Crippen LogP contribution in [0.15, 0.2) is 85.1 Å². The number of unbranched alkanes of at least 4 members (excludes halogenated alkanes) is 17. The van der Waals surface area contributed by atoms with E-state index in [1.807, 2.05) is 6.08 Å². The number of allylic oxidation sites excluding steroid dienone is 14. The molecule has 0 amide bonds. The van der Waals surface area contributed by atoms with Crippen LogP contribution in [0.25, 0.3) is 0 Å². The molecule has 1 heterocycles. The van der Waals surface area contributed by atoms with Crippen molar-refractivity contribution in [3.63, 3.8) is 0 Å². The molecule has 0 aliphatic carbocycles. The SMILES string of the molecule is CC/C=C\C/C=C\C/C=C\C/C=C\C/C=C\C/C=C\C/C=C\CCCC(=O)OC(COCCCCCCCCCCCCCCCCCCC)COC1OC(CO)C(O)C(OS(=O)(=O)O)C1O. The van der Waals surface area contributed by atoms with Gasteiger partial charge in [-0.15, -0.1) is 0 Å². The molecule has 0 radical (unpaired) electrons. The Hall–Kier alpha value is -2.72. The van der Waals surface area contributed by atoms with Gasteiger partial charge >= 0.3 is 16.4 Å². The molecule has 0 bridgehead atoms. The molecule has 67 heavy (non-hydrogen) atoms. The van der Waals surface area contributed by atoms with Crippen molar-refractivity contribution >= 4 is 16.4 Å². The van der Waals surface area contributed by atoms with E-state index in [0.29, 0.717) is 19.4 Å². The predicted molar refractivity (Wildman–Crippen MR) is 271 cm³/mol. The van der Waals surface area contributed by atoms with Crippen molar-refractivity contribution in [3.05, 3.63) is 85.1 Å². The average Bonchev–Trinajstić information content (AvgIpc) is 3.30. The van der Waals surface area contributed by atoms with Gasteiger partial charge in [0, 0.05) is 13.0 Å². The molecule has 0 spiro atoms. The molecule has 1 aliphatic rings. The second kappa shape index (κ2) is 44.5. The highest BCUT2D eigenvalue weighted by atomic mass is 32.3. The van der Waals surface area contributed by atoms with Gasteiger partial charge in [-0.25, -0.2) is 4.18 Å². The Morgan fingerprint density at radius 3 is 1.45 bits per heavy atom. The predicted octanol–water partition coefficient (Wildman–Crippen LogP) is 12.0. The minimum atomic E-state index is -5.08. The fraction of sp³-hybridized carbons (Fsp3) is 0.722. The molecule has 12 nitrogen and oxygen atoms in total. The summed E-state index contributed by atoms with van der Waals surface area (Å²) >= 11 is 0. The number of ether oxygens (including phenoxy) is 4. The number of rotatable bonds is 44. The van der Waals surface area contributed by atoms with E-state index in [1.165, 1.54) is 89.9 Å². The first-order valence-electron chi connectivity index (χ1n) is 25.8. The number of hydrogen-bond donors (Lipinski definition) is 4. The van der Waals surface area contributed by atoms with Crippen LogP contribution in [0.5, 0.6) is 0 Å². The van der Waals surface area contributed by atoms with Gasteiger partial charge in [0.2, 0.25) is 0 Å². The Kier molecular flexibility index (Phi) is 41.4. The molecule has 0 aromatic carbocycles. The lowest BCUT2D eigenvalue weighted by Gasteiger charge is -2.41. The summed E-state index contributed by atoms with van der Waals surface area (Å²) in [6.45, 7) is 3.82. The molecule has 4 N–H and O–H groups in total. The van der Waals surface area contributed by atoms with Gasteiger partial charge in [-0.2, -0.15) is 8.42 Å². The van der Waals surface area contributed by atoms with Crippen LogP contribution in [0.2, 0.25) is 0 Å². The molecule has 1 aliphatic heterocycles. The van der Waals surface area contributed by atoms with Crippen LogP contribution in [0, 0.1) is 0 Å². The quantitative estimate of drug-likeness (QED) is 0.0197. The van der Waals surface area contributed by atoms with Gasteiger partial charge in [-0.05, 0) is 64.2 Å². The van der Waals surface area contributed by atoms with Crippen molar-refractivity contribution in [1.82, 2.24) is 0 Å². The molecule has 0 saturated carbocycles. The third-order valence-corrected chi connectivity index (χ3v) is 11.7. The Morgan fingerprint density at radius 2 is 1.01 bits per heavy atom. The standard InChI is InChI=1S/C54H92O12S/c1-3-5-7-9-11-13-15-17-19-21-22-23-24-25-26-27-29-31-33-35-37-39-41-43-50(56)64-48(47-63-54-52(58)53(66-67(59,60)61)51(57)49(45-55)65-54)46-62-44-42-40-38-36-34-32-30-28-20-18-16-14-12-10-8-6-4-2/h5,7,11,13,17,19,22-23,25-26,29,31,35,37,48-49,51-55,57-58H,3-4,6,8-10,12,14-16,18,20-21,24,27-28,30,32-34,36,38-47H2,1-2H3,(H,59,60,61)/b7-5-,13-11-,19-17-,23-22-,26-25-,31-29-,37-35-. The van der Waals surface area contributed by atoms with Gasteiger partial charge in [0.15, 0.2) is 6.29 Å². The van der Waals surface area contributed by atoms with E-state index >= 15 is 0 Å². The van der Waals surface area contributed by atoms with Crippen molar-refractivity contribution in [2.24, 2.45) is 0 Å². The highest BCUT2D eigenvalue weighted by Gasteiger charge is 2.48. The van der Waals surface area contributed by atoms with Gasteiger partial charge in [0.05, 0.1) is 19.8 Å². The lowest BCUT2D eigenvalue weighted by atomic mass is 9.99. The van der Waals surface area contributed by atoms with Gasteiger partial charge < -0.3 is 34.3 Å². The van der Waals surface area contributed by atoms with Crippen LogP contribution < -0.4 is 0 Å². The molecule has 0 aromatic rings. The van der Waals surface area contributed by atoms with E-state index < -0.39 is 59.8 Å². The number of hydrogen-bond acceptors (Lipinski definition) is 11. The van der Waals surface area contributed by atoms with E-state index in [2.05, 4.69) is 97.0 Å². The van der Waals surface area contributed by atoms with Crippen LogP contribution in [0.1, 0.15) is 187 Å². The van der Waals surface area contributed by atoms with Gasteiger partial charge in [-0.3, -0.25) is 9.35 Å². The Morgan fingerprint density at radius 1 is 0.582 bits per heavy atom. The third kappa shape index (κ3) is 37.8. The number of aliphatic hydroxyl groups excluding tert-OH is 3. The number of carbonyl (C=O) groups is 1. The second-order valence-corrected chi connectivity index (χ2v) is 18.4. The van der Waals surface area contributed by atoms with Crippen LogP contribution in [0.3, 0.4) is 0 Å². The lowest BCUT2D eigenvalue weighted by Crippen LogP contribution is -2.60. The first-order valence-corrected chi connectivity index (χ1v) is 27.2. The molecule has 0 aromatic heterocycles. The number of aliphatic hydroxyl groups is 3. The summed E-state index contributed by atoms with van der Waals surface area (Å²) in [6, 6.07) is 0. The summed E-state index contributed by atoms with van der Waals surface area (Å²) in [5.74, 6) is -0.457. The first kappa shape index (κ1) is 62.3. The molecule has 1 rings (SSSR count). The zero-order valence-electron chi connectivity index (χ0n) is 41.4. The third-order valence-electron chi connectivity index (χ3n) is 11.3. The molecular weight excluding hydrogens is 873 g/mol. The maximum atomic E-state index is 12.9. The monoisotopic (exact) mass is 965 g/mol. The van der Waals surface area contributed by atoms with E-state index in [4.69, 9.17) is 18.9 Å². The minimum Gasteiger partial charge on any atom is -0.457 e. The van der Waals surface area contributed by atoms with Crippen LogP contribution >= 0.6 is 0 Å². The summed E-state index contributed by atoms with van der Waals surface area (Å²) in [5.41, 5.74) is 0. The second-order valence-electron chi connectivity index (χ2n) is 17.4. The molecule has 13 heteroatoms. The van der Waals surface area contributed by atoms with E-state index in [9.17, 15) is 33.1 Å². The smallest absolute Gasteiger partial charge is 0.397 e. The van der Waals surface area contributed by atoms with Crippen molar-refractivity contribution in [2.75, 3.05) is 26.4 Å². The van der Waals surface area contributed by atoms with Crippen molar-refractivity contribution in [1.29, 1.82) is 0 Å². The summed E-state index contributed by atoms with van der Waals surface area (Å²) in [5, 5.41) is 30.8. The number of carbonyl (C=O) groups excluding carboxylic acids is 1. The average molecular weight is 965 g/mol. The maximum Gasteiger partial charge on any atom is 0.397 e. The number of esters is 1. The zero-order chi connectivity index (χ0) is 48.9. The summed E-state index contributed by atoms with van der Waals surface area (Å²) in [6.07, 6.45) is 50.5. The maximum absolute atomic E-state index is 12.9. The first-order chi connectivity index (χ1) is 32.6. The minimum absolute atomic E-state index is 0.0102. The molecule has 1 saturated heterocycles. The van der Waals surface area contributed by atoms with E-state index in [-0.39, 0.29) is 19.6 Å². The molecule has 6 unspecified atom stereocenters. The Balaban J connectivity index is 2.42. The topological polar surface area (TPSA) is 178 Å². The fourth-order valence-corrected chi connectivity index (χ4v) is 7.94. The van der Waals surface area contributed by atoms with Gasteiger partial charge in [0.25, 0.3) is 0 Å². The van der Waals surface area contributed by atoms with Crippen molar-refractivity contribution in [3.8, 4) is 0 Å². The summed E-state index contributed by atoms with van der Waals surface area (Å²) in [7, 11) is -5.08. The van der Waals surface area contributed by atoms with Crippen molar-refractivity contribution in [2.45, 2.75) is 224 Å². The van der Waals surface area contributed by atoms with Gasteiger partial charge in [-0.1, -0.05) is 202 Å². The highest BCUT2D eigenvalue weighted by molar-refractivity contribution is 7.80. The normalized spacial score (nSPS) is 20.1. The molecule has 1 fully saturated rings. The van der Waals surface area contributed by atoms with E-state index in [1.54, 1.807) is 0 Å². The fourth-order valence-electron chi connectivity index (χ4n) is 7.43. The Bertz CT molecular complexity index is 1490. The molecule has 386 valence electrons. The van der Waals surface area contributed by atoms with Crippen LogP contribution in [0.4, 0.5) is 0 Å². The van der Waals surface area contributed by atoms with Crippen LogP contribution in [-0.2, 0) is 38.3 Å². The summed E-state index contributed by atoms with van der Waals surface area (Å²) < 4.78 is 59.2. The lowest BCUT2D eigenvalue weighted by molar-refractivity contribution is -0.301. The van der Waals surface area contributed by atoms with Gasteiger partial charge in [0.1, 0.15) is 30.5 Å². The van der Waals surface area contributed by atoms with E-state index in [0.717, 1.165) is 64.2 Å². The highest BCUT2D eigenvalue weighted by Crippen LogP contribution is 2.26.